The van der Waals surface area contributed by atoms with E-state index in [1.54, 1.807) is 0 Å². The summed E-state index contributed by atoms with van der Waals surface area (Å²) in [4.78, 5) is 24.3. The van der Waals surface area contributed by atoms with Gasteiger partial charge in [-0.15, -0.1) is 0 Å². The molecule has 29 heavy (non-hydrogen) atoms. The molecule has 0 radical (unpaired) electrons. The predicted molar refractivity (Wildman–Crippen MR) is 111 cm³/mol. The highest BCUT2D eigenvalue weighted by Gasteiger charge is 2.42. The van der Waals surface area contributed by atoms with Crippen molar-refractivity contribution in [2.45, 2.75) is 85.0 Å². The smallest absolute Gasteiger partial charge is 0.311 e. The van der Waals surface area contributed by atoms with Gasteiger partial charge in [0, 0.05) is 12.3 Å². The summed E-state index contributed by atoms with van der Waals surface area (Å²) in [5.41, 5.74) is 0.738. The Balaban J connectivity index is 1.76. The molecule has 1 fully saturated rings. The van der Waals surface area contributed by atoms with Crippen LogP contribution in [0.25, 0.3) is 0 Å². The van der Waals surface area contributed by atoms with E-state index in [2.05, 4.69) is 32.1 Å². The van der Waals surface area contributed by atoms with Gasteiger partial charge in [0.2, 0.25) is 0 Å². The number of rotatable bonds is 4. The van der Waals surface area contributed by atoms with Crippen LogP contribution in [0, 0.1) is 29.1 Å². The van der Waals surface area contributed by atoms with E-state index in [0.717, 1.165) is 19.3 Å². The van der Waals surface area contributed by atoms with Crippen molar-refractivity contribution in [1.29, 1.82) is 0 Å². The number of esters is 2. The van der Waals surface area contributed by atoms with Crippen LogP contribution < -0.4 is 0 Å². The third-order valence-corrected chi connectivity index (χ3v) is 6.52. The number of fused-ring (bicyclic) bond motifs is 1. The van der Waals surface area contributed by atoms with Crippen LogP contribution in [0.4, 0.5) is 0 Å². The maximum absolute atomic E-state index is 12.6. The van der Waals surface area contributed by atoms with Gasteiger partial charge < -0.3 is 14.6 Å². The Labute approximate surface area is 174 Å². The third-order valence-electron chi connectivity index (χ3n) is 6.52. The Morgan fingerprint density at radius 3 is 2.62 bits per heavy atom. The largest absolute Gasteiger partial charge is 0.462 e. The lowest BCUT2D eigenvalue weighted by Crippen LogP contribution is -2.43. The average Bonchev–Trinajstić information content (AvgIpc) is 2.59. The van der Waals surface area contributed by atoms with Crippen molar-refractivity contribution in [1.82, 2.24) is 0 Å². The first kappa shape index (κ1) is 22.1. The van der Waals surface area contributed by atoms with Gasteiger partial charge in [-0.2, -0.15) is 0 Å². The number of cyclic esters (lactones) is 1. The second-order valence-electron chi connectivity index (χ2n) is 10.3. The SMILES string of the molecule is C[C@H]1C=C2C=C[C@H](C)[C@H](CC[C@@H]3C[C@@H](O)CC(=O)O3)[C@H]2[C@@H](OC(=O)C(C)(C)C)C1. The van der Waals surface area contributed by atoms with Crippen molar-refractivity contribution < 1.29 is 24.2 Å². The van der Waals surface area contributed by atoms with E-state index in [9.17, 15) is 14.7 Å². The lowest BCUT2D eigenvalue weighted by Gasteiger charge is -2.44. The van der Waals surface area contributed by atoms with Crippen molar-refractivity contribution >= 4 is 11.9 Å². The number of aliphatic hydroxyl groups is 1. The van der Waals surface area contributed by atoms with Gasteiger partial charge in [-0.25, -0.2) is 0 Å². The Kier molecular flexibility index (Phi) is 6.57. The van der Waals surface area contributed by atoms with Gasteiger partial charge in [0.15, 0.2) is 0 Å². The molecular formula is C24H36O5. The normalized spacial score (nSPS) is 37.4. The lowest BCUT2D eigenvalue weighted by atomic mass is 9.65. The summed E-state index contributed by atoms with van der Waals surface area (Å²) in [5.74, 6) is 0.740. The van der Waals surface area contributed by atoms with Gasteiger partial charge >= 0.3 is 11.9 Å². The Morgan fingerprint density at radius 2 is 1.97 bits per heavy atom. The Bertz CT molecular complexity index is 686. The summed E-state index contributed by atoms with van der Waals surface area (Å²) >= 11 is 0. The molecule has 5 nitrogen and oxygen atoms in total. The monoisotopic (exact) mass is 404 g/mol. The Morgan fingerprint density at radius 1 is 1.24 bits per heavy atom. The summed E-state index contributed by atoms with van der Waals surface area (Å²) in [6, 6.07) is 0. The maximum atomic E-state index is 12.6. The van der Waals surface area contributed by atoms with Crippen LogP contribution in [-0.4, -0.2) is 35.4 Å². The van der Waals surface area contributed by atoms with Crippen LogP contribution in [-0.2, 0) is 19.1 Å². The zero-order valence-electron chi connectivity index (χ0n) is 18.4. The van der Waals surface area contributed by atoms with E-state index in [1.165, 1.54) is 5.57 Å². The number of ether oxygens (including phenoxy) is 2. The van der Waals surface area contributed by atoms with Gasteiger partial charge in [-0.1, -0.05) is 32.1 Å². The number of carbonyl (C=O) groups is 2. The number of allylic oxidation sites excluding steroid dienone is 3. The topological polar surface area (TPSA) is 72.8 Å². The van der Waals surface area contributed by atoms with Crippen LogP contribution in [0.5, 0.6) is 0 Å². The predicted octanol–water partition coefficient (Wildman–Crippen LogP) is 4.20. The van der Waals surface area contributed by atoms with E-state index in [-0.39, 0.29) is 36.5 Å². The van der Waals surface area contributed by atoms with Gasteiger partial charge in [-0.3, -0.25) is 9.59 Å². The summed E-state index contributed by atoms with van der Waals surface area (Å²) in [6.07, 6.45) is 8.84. The first-order valence-corrected chi connectivity index (χ1v) is 11.0. The number of aliphatic hydroxyl groups excluding tert-OH is 1. The standard InChI is InChI=1S/C24H36O5/c1-14-10-16-7-6-15(2)19(9-8-18-12-17(25)13-21(26)28-18)22(16)20(11-14)29-23(27)24(3,4)5/h6-7,10,14-15,17-20,22,25H,8-9,11-13H2,1-5H3/t14-,15-,17+,18+,19-,20-,22-/m0/s1. The summed E-state index contributed by atoms with van der Waals surface area (Å²) in [5, 5.41) is 9.89. The number of hydrogen-bond acceptors (Lipinski definition) is 5. The van der Waals surface area contributed by atoms with Gasteiger partial charge in [0.1, 0.15) is 12.2 Å². The molecule has 0 amide bonds. The minimum atomic E-state index is -0.601. The van der Waals surface area contributed by atoms with Crippen LogP contribution in [0.1, 0.15) is 66.7 Å². The molecule has 0 aromatic carbocycles. The molecule has 162 valence electrons. The summed E-state index contributed by atoms with van der Waals surface area (Å²) in [7, 11) is 0. The maximum Gasteiger partial charge on any atom is 0.311 e. The first-order valence-electron chi connectivity index (χ1n) is 11.0. The molecule has 0 aromatic rings. The summed E-state index contributed by atoms with van der Waals surface area (Å²) in [6.45, 7) is 10.1. The molecule has 1 N–H and O–H groups in total. The fourth-order valence-electron chi connectivity index (χ4n) is 4.95. The van der Waals surface area contributed by atoms with Crippen molar-refractivity contribution in [2.75, 3.05) is 0 Å². The highest BCUT2D eigenvalue weighted by atomic mass is 16.6. The zero-order valence-corrected chi connectivity index (χ0v) is 18.4. The van der Waals surface area contributed by atoms with E-state index in [4.69, 9.17) is 9.47 Å². The molecule has 0 aromatic heterocycles. The van der Waals surface area contributed by atoms with Crippen LogP contribution in [0.3, 0.4) is 0 Å². The molecule has 0 unspecified atom stereocenters. The van der Waals surface area contributed by atoms with Gasteiger partial charge in [0.05, 0.1) is 17.9 Å². The van der Waals surface area contributed by atoms with Crippen LogP contribution in [0.15, 0.2) is 23.8 Å². The summed E-state index contributed by atoms with van der Waals surface area (Å²) < 4.78 is 11.5. The molecule has 2 aliphatic carbocycles. The molecule has 0 bridgehead atoms. The molecule has 1 aliphatic heterocycles. The van der Waals surface area contributed by atoms with Gasteiger partial charge in [0.25, 0.3) is 0 Å². The zero-order chi connectivity index (χ0) is 21.3. The minimum absolute atomic E-state index is 0.0945. The molecule has 3 rings (SSSR count). The molecular weight excluding hydrogens is 368 g/mol. The molecule has 5 heteroatoms. The molecule has 0 spiro atoms. The first-order chi connectivity index (χ1) is 13.5. The molecule has 0 saturated carbocycles. The Hall–Kier alpha value is -1.62. The molecule has 1 heterocycles. The van der Waals surface area contributed by atoms with E-state index in [1.807, 2.05) is 20.8 Å². The fraction of sp³-hybridized carbons (Fsp3) is 0.750. The highest BCUT2D eigenvalue weighted by molar-refractivity contribution is 5.75. The average molecular weight is 405 g/mol. The molecule has 1 saturated heterocycles. The van der Waals surface area contributed by atoms with Crippen molar-refractivity contribution in [3.8, 4) is 0 Å². The lowest BCUT2D eigenvalue weighted by molar-refractivity contribution is -0.165. The van der Waals surface area contributed by atoms with E-state index in [0.29, 0.717) is 24.2 Å². The highest BCUT2D eigenvalue weighted by Crippen LogP contribution is 2.45. The van der Waals surface area contributed by atoms with Gasteiger partial charge in [-0.05, 0) is 63.4 Å². The fourth-order valence-corrected chi connectivity index (χ4v) is 4.95. The van der Waals surface area contributed by atoms with Crippen molar-refractivity contribution in [3.63, 3.8) is 0 Å². The minimum Gasteiger partial charge on any atom is -0.462 e. The number of carbonyl (C=O) groups excluding carboxylic acids is 2. The quantitative estimate of drug-likeness (QED) is 0.711. The molecule has 3 aliphatic rings. The van der Waals surface area contributed by atoms with E-state index >= 15 is 0 Å². The second kappa shape index (κ2) is 8.63. The van der Waals surface area contributed by atoms with Crippen LogP contribution in [0.2, 0.25) is 0 Å². The van der Waals surface area contributed by atoms with E-state index < -0.39 is 11.5 Å². The van der Waals surface area contributed by atoms with Crippen molar-refractivity contribution in [2.24, 2.45) is 29.1 Å². The number of hydrogen-bond donors (Lipinski definition) is 1. The third kappa shape index (κ3) is 5.30. The van der Waals surface area contributed by atoms with Crippen LogP contribution >= 0.6 is 0 Å². The van der Waals surface area contributed by atoms with Crippen molar-refractivity contribution in [3.05, 3.63) is 23.8 Å². The molecule has 7 atom stereocenters. The second-order valence-corrected chi connectivity index (χ2v) is 10.3.